The summed E-state index contributed by atoms with van der Waals surface area (Å²) in [4.78, 5) is 39.4. The molecule has 2 N–H and O–H groups in total. The van der Waals surface area contributed by atoms with Crippen LogP contribution in [0.25, 0.3) is 0 Å². The number of aliphatic hydroxyl groups excluding tert-OH is 1. The van der Waals surface area contributed by atoms with Crippen LogP contribution in [-0.4, -0.2) is 57.6 Å². The fourth-order valence-electron chi connectivity index (χ4n) is 3.58. The summed E-state index contributed by atoms with van der Waals surface area (Å²) in [5, 5.41) is 14.5. The van der Waals surface area contributed by atoms with Gasteiger partial charge in [0.2, 0.25) is 5.91 Å². The maximum absolute atomic E-state index is 13.2. The Kier molecular flexibility index (Phi) is 6.31. The molecule has 8 nitrogen and oxygen atoms in total. The highest BCUT2D eigenvalue weighted by Gasteiger charge is 2.68. The maximum atomic E-state index is 13.2. The zero-order valence-corrected chi connectivity index (χ0v) is 18.6. The minimum atomic E-state index is -1.59. The number of thioether (sulfide) groups is 1. The Balaban J connectivity index is 2.03. The summed E-state index contributed by atoms with van der Waals surface area (Å²) in [7, 11) is 1.32. The van der Waals surface area contributed by atoms with Crippen LogP contribution in [0.4, 0.5) is 0 Å². The van der Waals surface area contributed by atoms with E-state index in [2.05, 4.69) is 11.9 Å². The standard InChI is InChI=1S/C22H26N2O6S/c1-6-21(3,4)30-18(27)16-15(17(26)14-10-8-7-9-11-14)12-31-20-22(29-5,23-13(2)25)19(28)24(16)20/h6-12,16-17,20,26H,1H2,2-5H3,(H,23,25)/t16?,17?,20-,22?/m1/s1. The Bertz CT molecular complexity index is 931. The Morgan fingerprint density at radius 3 is 2.55 bits per heavy atom. The largest absolute Gasteiger partial charge is 0.454 e. The van der Waals surface area contributed by atoms with Gasteiger partial charge in [-0.05, 0) is 30.9 Å². The second kappa shape index (κ2) is 8.49. The third kappa shape index (κ3) is 4.00. The Morgan fingerprint density at radius 1 is 1.35 bits per heavy atom. The van der Waals surface area contributed by atoms with E-state index in [1.54, 1.807) is 43.5 Å². The first-order chi connectivity index (χ1) is 14.6. The number of aliphatic hydroxyl groups is 1. The van der Waals surface area contributed by atoms with Crippen molar-refractivity contribution < 1.29 is 29.0 Å². The van der Waals surface area contributed by atoms with Gasteiger partial charge < -0.3 is 24.8 Å². The molecule has 166 valence electrons. The normalized spacial score (nSPS) is 26.2. The van der Waals surface area contributed by atoms with Crippen molar-refractivity contribution in [3.63, 3.8) is 0 Å². The van der Waals surface area contributed by atoms with E-state index >= 15 is 0 Å². The van der Waals surface area contributed by atoms with Crippen LogP contribution in [0.2, 0.25) is 0 Å². The SMILES string of the molecule is C=CC(C)(C)OC(=O)C1C(C(O)c2ccccc2)=CS[C@H]2N1C(=O)C2(NC(C)=O)OC. The molecule has 3 rings (SSSR count). The lowest BCUT2D eigenvalue weighted by molar-refractivity contribution is -0.204. The first-order valence-electron chi connectivity index (χ1n) is 9.69. The van der Waals surface area contributed by atoms with Crippen LogP contribution in [0, 0.1) is 0 Å². The average Bonchev–Trinajstić information content (AvgIpc) is 2.75. The molecule has 0 aliphatic carbocycles. The summed E-state index contributed by atoms with van der Waals surface area (Å²) < 4.78 is 11.0. The summed E-state index contributed by atoms with van der Waals surface area (Å²) >= 11 is 1.18. The molecule has 0 spiro atoms. The van der Waals surface area contributed by atoms with Crippen molar-refractivity contribution in [3.05, 3.63) is 59.5 Å². The molecule has 1 aromatic carbocycles. The third-order valence-corrected chi connectivity index (χ3v) is 6.50. The summed E-state index contributed by atoms with van der Waals surface area (Å²) in [6.45, 7) is 8.28. The Morgan fingerprint density at radius 2 is 2.00 bits per heavy atom. The lowest BCUT2D eigenvalue weighted by Crippen LogP contribution is -2.83. The molecule has 1 aromatic rings. The van der Waals surface area contributed by atoms with Crippen molar-refractivity contribution in [2.24, 2.45) is 0 Å². The highest BCUT2D eigenvalue weighted by molar-refractivity contribution is 8.03. The lowest BCUT2D eigenvalue weighted by Gasteiger charge is -2.57. The van der Waals surface area contributed by atoms with Gasteiger partial charge in [0.05, 0.1) is 0 Å². The van der Waals surface area contributed by atoms with Gasteiger partial charge in [-0.25, -0.2) is 4.79 Å². The second-order valence-corrected chi connectivity index (χ2v) is 8.84. The zero-order chi connectivity index (χ0) is 23.0. The molecule has 2 heterocycles. The van der Waals surface area contributed by atoms with E-state index < -0.39 is 46.6 Å². The minimum absolute atomic E-state index is 0.304. The summed E-state index contributed by atoms with van der Waals surface area (Å²) in [5.74, 6) is -1.74. The molecule has 9 heteroatoms. The van der Waals surface area contributed by atoms with Crippen molar-refractivity contribution in [1.29, 1.82) is 0 Å². The number of hydrogen-bond acceptors (Lipinski definition) is 7. The predicted octanol–water partition coefficient (Wildman–Crippen LogP) is 1.87. The van der Waals surface area contributed by atoms with Crippen LogP contribution in [-0.2, 0) is 23.9 Å². The van der Waals surface area contributed by atoms with E-state index in [9.17, 15) is 19.5 Å². The first-order valence-corrected chi connectivity index (χ1v) is 10.6. The molecule has 1 saturated heterocycles. The number of rotatable bonds is 7. The number of carbonyl (C=O) groups is 3. The van der Waals surface area contributed by atoms with Crippen molar-refractivity contribution in [2.45, 2.75) is 49.6 Å². The number of ether oxygens (including phenoxy) is 2. The van der Waals surface area contributed by atoms with Crippen molar-refractivity contribution in [2.75, 3.05) is 7.11 Å². The molecule has 4 atom stereocenters. The van der Waals surface area contributed by atoms with E-state index in [4.69, 9.17) is 9.47 Å². The van der Waals surface area contributed by atoms with Gasteiger partial charge in [-0.2, -0.15) is 0 Å². The van der Waals surface area contributed by atoms with Gasteiger partial charge in [-0.15, -0.1) is 11.8 Å². The van der Waals surface area contributed by atoms with Crippen LogP contribution >= 0.6 is 11.8 Å². The van der Waals surface area contributed by atoms with Crippen molar-refractivity contribution in [3.8, 4) is 0 Å². The van der Waals surface area contributed by atoms with E-state index in [1.807, 2.05) is 6.07 Å². The van der Waals surface area contributed by atoms with Gasteiger partial charge in [0.25, 0.3) is 11.6 Å². The van der Waals surface area contributed by atoms with Crippen LogP contribution in [0.1, 0.15) is 32.4 Å². The van der Waals surface area contributed by atoms with Crippen molar-refractivity contribution >= 4 is 29.5 Å². The molecule has 0 saturated carbocycles. The summed E-state index contributed by atoms with van der Waals surface area (Å²) in [6, 6.07) is 7.62. The van der Waals surface area contributed by atoms with Gasteiger partial charge in [-0.1, -0.05) is 36.9 Å². The fourth-order valence-corrected chi connectivity index (χ4v) is 4.92. The number of hydrogen-bond donors (Lipinski definition) is 2. The number of fused-ring (bicyclic) bond motifs is 1. The third-order valence-electron chi connectivity index (χ3n) is 5.27. The van der Waals surface area contributed by atoms with Gasteiger partial charge in [0.1, 0.15) is 17.1 Å². The van der Waals surface area contributed by atoms with Gasteiger partial charge in [-0.3, -0.25) is 9.59 Å². The molecular weight excluding hydrogens is 420 g/mol. The molecule has 2 amide bonds. The number of esters is 1. The summed E-state index contributed by atoms with van der Waals surface area (Å²) in [6.07, 6.45) is 0.344. The molecule has 0 aromatic heterocycles. The van der Waals surface area contributed by atoms with Crippen LogP contribution in [0.15, 0.2) is 54.0 Å². The number of amides is 2. The van der Waals surface area contributed by atoms with E-state index in [-0.39, 0.29) is 0 Å². The van der Waals surface area contributed by atoms with Crippen LogP contribution in [0.5, 0.6) is 0 Å². The molecule has 0 bridgehead atoms. The number of nitrogens with zero attached hydrogens (tertiary/aromatic N) is 1. The summed E-state index contributed by atoms with van der Waals surface area (Å²) in [5.41, 5.74) is -1.70. The number of nitrogens with one attached hydrogen (secondary N) is 1. The highest BCUT2D eigenvalue weighted by atomic mass is 32.2. The quantitative estimate of drug-likeness (QED) is 0.285. The predicted molar refractivity (Wildman–Crippen MR) is 115 cm³/mol. The molecule has 0 radical (unpaired) electrons. The monoisotopic (exact) mass is 446 g/mol. The number of benzene rings is 1. The number of β-lactam (4-membered cyclic amide) rings is 1. The van der Waals surface area contributed by atoms with Crippen molar-refractivity contribution in [1.82, 2.24) is 10.2 Å². The fraction of sp³-hybridized carbons (Fsp3) is 0.409. The van der Waals surface area contributed by atoms with E-state index in [1.165, 1.54) is 36.8 Å². The number of methoxy groups -OCH3 is 1. The first kappa shape index (κ1) is 23.1. The molecule has 2 aliphatic rings. The number of carbonyl (C=O) groups excluding carboxylic acids is 3. The Labute approximate surface area is 185 Å². The van der Waals surface area contributed by atoms with Gasteiger partial charge in [0, 0.05) is 19.6 Å². The highest BCUT2D eigenvalue weighted by Crippen LogP contribution is 2.48. The minimum Gasteiger partial charge on any atom is -0.454 e. The maximum Gasteiger partial charge on any atom is 0.334 e. The molecular formula is C22H26N2O6S. The van der Waals surface area contributed by atoms with E-state index in [0.29, 0.717) is 11.1 Å². The Hall–Kier alpha value is -2.62. The molecule has 3 unspecified atom stereocenters. The zero-order valence-electron chi connectivity index (χ0n) is 17.8. The van der Waals surface area contributed by atoms with Crippen LogP contribution < -0.4 is 5.32 Å². The average molecular weight is 447 g/mol. The second-order valence-electron chi connectivity index (χ2n) is 7.88. The lowest BCUT2D eigenvalue weighted by atomic mass is 9.90. The van der Waals surface area contributed by atoms with Crippen LogP contribution in [0.3, 0.4) is 0 Å². The van der Waals surface area contributed by atoms with Gasteiger partial charge >= 0.3 is 5.97 Å². The molecule has 31 heavy (non-hydrogen) atoms. The smallest absolute Gasteiger partial charge is 0.334 e. The van der Waals surface area contributed by atoms with Gasteiger partial charge in [0.15, 0.2) is 6.04 Å². The van der Waals surface area contributed by atoms with E-state index in [0.717, 1.165) is 0 Å². The topological polar surface area (TPSA) is 105 Å². The molecule has 2 aliphatic heterocycles. The molecule has 1 fully saturated rings.